The number of nitrogens with one attached hydrogen (secondary N) is 1. The number of aromatic nitrogens is 1. The van der Waals surface area contributed by atoms with Gasteiger partial charge in [0.15, 0.2) is 0 Å². The summed E-state index contributed by atoms with van der Waals surface area (Å²) in [6.45, 7) is 5.36. The molecule has 2 rings (SSSR count). The van der Waals surface area contributed by atoms with Crippen molar-refractivity contribution in [2.24, 2.45) is 0 Å². The average Bonchev–Trinajstić information content (AvgIpc) is 2.88. The molecule has 0 aliphatic carbocycles. The highest BCUT2D eigenvalue weighted by molar-refractivity contribution is 5.94. The Labute approximate surface area is 135 Å². The Kier molecular flexibility index (Phi) is 6.17. The Morgan fingerprint density at radius 1 is 1.26 bits per heavy atom. The van der Waals surface area contributed by atoms with E-state index in [0.717, 1.165) is 23.4 Å². The van der Waals surface area contributed by atoms with Gasteiger partial charge in [-0.1, -0.05) is 5.16 Å². The lowest BCUT2D eigenvalue weighted by Gasteiger charge is -2.08. The van der Waals surface area contributed by atoms with Gasteiger partial charge in [0.1, 0.15) is 18.1 Å². The van der Waals surface area contributed by atoms with Crippen LogP contribution < -0.4 is 10.1 Å². The Hall–Kier alpha value is -2.34. The zero-order valence-electron chi connectivity index (χ0n) is 13.7. The predicted molar refractivity (Wildman–Crippen MR) is 85.6 cm³/mol. The number of hydrogen-bond donors (Lipinski definition) is 1. The number of benzene rings is 1. The number of hydrogen-bond acceptors (Lipinski definition) is 5. The van der Waals surface area contributed by atoms with Gasteiger partial charge in [0.25, 0.3) is 5.91 Å². The van der Waals surface area contributed by atoms with Gasteiger partial charge < -0.3 is 19.3 Å². The summed E-state index contributed by atoms with van der Waals surface area (Å²) in [5.74, 6) is 1.36. The van der Waals surface area contributed by atoms with Gasteiger partial charge >= 0.3 is 0 Å². The van der Waals surface area contributed by atoms with Crippen molar-refractivity contribution in [1.29, 1.82) is 0 Å². The first-order chi connectivity index (χ1) is 11.1. The summed E-state index contributed by atoms with van der Waals surface area (Å²) in [4.78, 5) is 11.9. The molecule has 6 nitrogen and oxygen atoms in total. The molecule has 0 saturated carbocycles. The number of methoxy groups -OCH3 is 1. The van der Waals surface area contributed by atoms with Crippen LogP contribution in [0.4, 0.5) is 0 Å². The maximum Gasteiger partial charge on any atom is 0.251 e. The van der Waals surface area contributed by atoms with Gasteiger partial charge in [-0.2, -0.15) is 0 Å². The fourth-order valence-corrected chi connectivity index (χ4v) is 2.09. The van der Waals surface area contributed by atoms with Crippen molar-refractivity contribution in [3.63, 3.8) is 0 Å². The topological polar surface area (TPSA) is 73.6 Å². The third kappa shape index (κ3) is 4.82. The average molecular weight is 318 g/mol. The fourth-order valence-electron chi connectivity index (χ4n) is 2.09. The summed E-state index contributed by atoms with van der Waals surface area (Å²) in [5.41, 5.74) is 2.38. The molecule has 0 aliphatic rings. The number of nitrogens with zero attached hydrogens (tertiary/aromatic N) is 1. The predicted octanol–water partition coefficient (Wildman–Crippen LogP) is 2.64. The van der Waals surface area contributed by atoms with E-state index >= 15 is 0 Å². The minimum Gasteiger partial charge on any atom is -0.489 e. The molecule has 0 radical (unpaired) electrons. The van der Waals surface area contributed by atoms with Crippen molar-refractivity contribution >= 4 is 5.91 Å². The molecule has 1 heterocycles. The highest BCUT2D eigenvalue weighted by atomic mass is 16.5. The standard InChI is InChI=1S/C17H22N2O4/c1-12-16(13(2)23-19-12)11-22-15-7-5-14(6-8-15)17(20)18-9-4-10-21-3/h5-8H,4,9-11H2,1-3H3,(H,18,20). The van der Waals surface area contributed by atoms with Gasteiger partial charge in [-0.3, -0.25) is 4.79 Å². The van der Waals surface area contributed by atoms with Crippen LogP contribution in [0, 0.1) is 13.8 Å². The van der Waals surface area contributed by atoms with E-state index < -0.39 is 0 Å². The van der Waals surface area contributed by atoms with Crippen molar-refractivity contribution in [1.82, 2.24) is 10.5 Å². The van der Waals surface area contributed by atoms with Crippen LogP contribution in [0.3, 0.4) is 0 Å². The molecule has 0 atom stereocenters. The lowest BCUT2D eigenvalue weighted by Crippen LogP contribution is -2.25. The quantitative estimate of drug-likeness (QED) is 0.757. The molecule has 2 aromatic rings. The second-order valence-corrected chi connectivity index (χ2v) is 5.22. The summed E-state index contributed by atoms with van der Waals surface area (Å²) < 4.78 is 15.7. The van der Waals surface area contributed by atoms with Crippen LogP contribution in [-0.2, 0) is 11.3 Å². The van der Waals surface area contributed by atoms with Crippen LogP contribution in [0.25, 0.3) is 0 Å². The van der Waals surface area contributed by atoms with Gasteiger partial charge in [-0.25, -0.2) is 0 Å². The number of rotatable bonds is 8. The number of carbonyl (C=O) groups is 1. The summed E-state index contributed by atoms with van der Waals surface area (Å²) in [6, 6.07) is 7.05. The summed E-state index contributed by atoms with van der Waals surface area (Å²) >= 11 is 0. The lowest BCUT2D eigenvalue weighted by molar-refractivity contribution is 0.0948. The van der Waals surface area contributed by atoms with E-state index in [9.17, 15) is 4.79 Å². The fraction of sp³-hybridized carbons (Fsp3) is 0.412. The molecule has 0 fully saturated rings. The Balaban J connectivity index is 1.85. The van der Waals surface area contributed by atoms with E-state index in [2.05, 4.69) is 10.5 Å². The second-order valence-electron chi connectivity index (χ2n) is 5.22. The lowest BCUT2D eigenvalue weighted by atomic mass is 10.2. The van der Waals surface area contributed by atoms with Gasteiger partial charge in [0.2, 0.25) is 0 Å². The van der Waals surface area contributed by atoms with E-state index in [1.165, 1.54) is 0 Å². The van der Waals surface area contributed by atoms with E-state index in [-0.39, 0.29) is 5.91 Å². The van der Waals surface area contributed by atoms with Crippen molar-refractivity contribution in [3.05, 3.63) is 46.8 Å². The Bertz CT molecular complexity index is 615. The number of amides is 1. The number of ether oxygens (including phenoxy) is 2. The molecule has 6 heteroatoms. The normalized spacial score (nSPS) is 10.6. The van der Waals surface area contributed by atoms with Crippen LogP contribution in [0.2, 0.25) is 0 Å². The molecular weight excluding hydrogens is 296 g/mol. The number of aryl methyl sites for hydroxylation is 2. The summed E-state index contributed by atoms with van der Waals surface area (Å²) in [5, 5.41) is 6.73. The first kappa shape index (κ1) is 17.0. The van der Waals surface area contributed by atoms with Crippen LogP contribution in [0.15, 0.2) is 28.8 Å². The second kappa shape index (κ2) is 8.33. The highest BCUT2D eigenvalue weighted by Gasteiger charge is 2.10. The van der Waals surface area contributed by atoms with E-state index in [0.29, 0.717) is 31.1 Å². The van der Waals surface area contributed by atoms with Crippen LogP contribution in [0.1, 0.15) is 33.8 Å². The van der Waals surface area contributed by atoms with Crippen molar-refractivity contribution in [3.8, 4) is 5.75 Å². The summed E-state index contributed by atoms with van der Waals surface area (Å²) in [7, 11) is 1.64. The molecule has 1 N–H and O–H groups in total. The maximum atomic E-state index is 11.9. The molecule has 124 valence electrons. The first-order valence-corrected chi connectivity index (χ1v) is 7.53. The van der Waals surface area contributed by atoms with Crippen LogP contribution in [0.5, 0.6) is 5.75 Å². The van der Waals surface area contributed by atoms with Gasteiger partial charge in [0, 0.05) is 25.8 Å². The zero-order valence-corrected chi connectivity index (χ0v) is 13.7. The molecule has 0 aliphatic heterocycles. The minimum absolute atomic E-state index is 0.0987. The highest BCUT2D eigenvalue weighted by Crippen LogP contribution is 2.17. The number of carbonyl (C=O) groups excluding carboxylic acids is 1. The third-order valence-corrected chi connectivity index (χ3v) is 3.49. The zero-order chi connectivity index (χ0) is 16.7. The van der Waals surface area contributed by atoms with Gasteiger partial charge in [-0.15, -0.1) is 0 Å². The largest absolute Gasteiger partial charge is 0.489 e. The van der Waals surface area contributed by atoms with Gasteiger partial charge in [-0.05, 0) is 44.5 Å². The summed E-state index contributed by atoms with van der Waals surface area (Å²) in [6.07, 6.45) is 0.793. The molecule has 1 amide bonds. The molecule has 1 aromatic heterocycles. The molecule has 23 heavy (non-hydrogen) atoms. The molecule has 0 spiro atoms. The molecule has 1 aromatic carbocycles. The minimum atomic E-state index is -0.0987. The third-order valence-electron chi connectivity index (χ3n) is 3.49. The first-order valence-electron chi connectivity index (χ1n) is 7.53. The molecule has 0 saturated heterocycles. The Morgan fingerprint density at radius 3 is 2.61 bits per heavy atom. The van der Waals surface area contributed by atoms with Crippen LogP contribution >= 0.6 is 0 Å². The molecule has 0 bridgehead atoms. The Morgan fingerprint density at radius 2 is 2.00 bits per heavy atom. The smallest absolute Gasteiger partial charge is 0.251 e. The van der Waals surface area contributed by atoms with E-state index in [1.54, 1.807) is 31.4 Å². The van der Waals surface area contributed by atoms with Crippen molar-refractivity contribution in [2.75, 3.05) is 20.3 Å². The van der Waals surface area contributed by atoms with E-state index in [4.69, 9.17) is 14.0 Å². The van der Waals surface area contributed by atoms with Gasteiger partial charge in [0.05, 0.1) is 11.3 Å². The monoisotopic (exact) mass is 318 g/mol. The van der Waals surface area contributed by atoms with Crippen LogP contribution in [-0.4, -0.2) is 31.3 Å². The molecule has 0 unspecified atom stereocenters. The van der Waals surface area contributed by atoms with Crippen molar-refractivity contribution in [2.45, 2.75) is 26.9 Å². The maximum absolute atomic E-state index is 11.9. The van der Waals surface area contributed by atoms with E-state index in [1.807, 2.05) is 13.8 Å². The molecular formula is C17H22N2O4. The van der Waals surface area contributed by atoms with Crippen molar-refractivity contribution < 1.29 is 18.8 Å². The SMILES string of the molecule is COCCCNC(=O)c1ccc(OCc2c(C)noc2C)cc1.